The quantitative estimate of drug-likeness (QED) is 0.691. The highest BCUT2D eigenvalue weighted by atomic mass is 16.2. The van der Waals surface area contributed by atoms with Gasteiger partial charge < -0.3 is 20.4 Å². The van der Waals surface area contributed by atoms with Crippen molar-refractivity contribution >= 4 is 23.6 Å². The summed E-state index contributed by atoms with van der Waals surface area (Å²) in [5.74, 6) is 1.86. The fraction of sp³-hybridized carbons (Fsp3) is 0.619. The van der Waals surface area contributed by atoms with Crippen LogP contribution in [-0.2, 0) is 12.1 Å². The van der Waals surface area contributed by atoms with Crippen molar-refractivity contribution in [2.45, 2.75) is 58.3 Å². The predicted molar refractivity (Wildman–Crippen MR) is 120 cm³/mol. The van der Waals surface area contributed by atoms with E-state index in [1.54, 1.807) is 19.3 Å². The molecule has 10 nitrogen and oxygen atoms in total. The number of aromatic amines is 1. The zero-order chi connectivity index (χ0) is 22.6. The SMILES string of the molecule is CNc1nccc(Nc2n[nH]c3c2CN(C(=O)N2CC(C)(C)N(C)C[C@@H]2C)C3(C)C)n1. The molecule has 4 rings (SSSR count). The van der Waals surface area contributed by atoms with Crippen LogP contribution in [0.3, 0.4) is 0 Å². The lowest BCUT2D eigenvalue weighted by atomic mass is 9.96. The van der Waals surface area contributed by atoms with Gasteiger partial charge in [-0.3, -0.25) is 10.00 Å². The third kappa shape index (κ3) is 3.58. The van der Waals surface area contributed by atoms with Gasteiger partial charge in [0.1, 0.15) is 5.82 Å². The molecule has 31 heavy (non-hydrogen) atoms. The molecule has 2 aliphatic rings. The average Bonchev–Trinajstić information content (AvgIpc) is 3.23. The second-order valence-corrected chi connectivity index (χ2v) is 9.66. The fourth-order valence-corrected chi connectivity index (χ4v) is 4.44. The molecule has 0 aromatic carbocycles. The number of carbonyl (C=O) groups excluding carboxylic acids is 1. The van der Waals surface area contributed by atoms with Gasteiger partial charge in [-0.05, 0) is 47.7 Å². The van der Waals surface area contributed by atoms with E-state index in [0.29, 0.717) is 30.7 Å². The minimum absolute atomic E-state index is 0.0628. The molecule has 10 heteroatoms. The van der Waals surface area contributed by atoms with Crippen molar-refractivity contribution in [3.8, 4) is 0 Å². The number of H-pyrrole nitrogens is 1. The summed E-state index contributed by atoms with van der Waals surface area (Å²) in [4.78, 5) is 28.5. The highest BCUT2D eigenvalue weighted by Crippen LogP contribution is 2.42. The van der Waals surface area contributed by atoms with Gasteiger partial charge in [0.05, 0.1) is 17.8 Å². The molecule has 0 aliphatic carbocycles. The molecule has 0 unspecified atom stereocenters. The summed E-state index contributed by atoms with van der Waals surface area (Å²) in [5.41, 5.74) is 1.39. The van der Waals surface area contributed by atoms with Crippen LogP contribution < -0.4 is 10.6 Å². The molecule has 4 heterocycles. The molecule has 2 aromatic heterocycles. The molecular formula is C21H33N9O. The monoisotopic (exact) mass is 427 g/mol. The number of hydrogen-bond donors (Lipinski definition) is 3. The zero-order valence-corrected chi connectivity index (χ0v) is 19.4. The number of amides is 2. The van der Waals surface area contributed by atoms with E-state index in [0.717, 1.165) is 17.8 Å². The molecule has 0 radical (unpaired) electrons. The van der Waals surface area contributed by atoms with Crippen molar-refractivity contribution in [3.05, 3.63) is 23.5 Å². The number of nitrogens with one attached hydrogen (secondary N) is 3. The van der Waals surface area contributed by atoms with Crippen LogP contribution in [0.1, 0.15) is 45.9 Å². The van der Waals surface area contributed by atoms with Crippen LogP contribution in [0.15, 0.2) is 12.3 Å². The van der Waals surface area contributed by atoms with E-state index in [4.69, 9.17) is 0 Å². The first-order chi connectivity index (χ1) is 14.5. The summed E-state index contributed by atoms with van der Waals surface area (Å²) < 4.78 is 0. The molecule has 3 N–H and O–H groups in total. The van der Waals surface area contributed by atoms with Crippen molar-refractivity contribution in [3.63, 3.8) is 0 Å². The molecule has 1 atom stereocenters. The Hall–Kier alpha value is -2.88. The topological polar surface area (TPSA) is 105 Å². The Labute approximate surface area is 183 Å². The number of carbonyl (C=O) groups is 1. The lowest BCUT2D eigenvalue weighted by Gasteiger charge is -2.50. The molecule has 2 aliphatic heterocycles. The second-order valence-electron chi connectivity index (χ2n) is 9.66. The Morgan fingerprint density at radius 2 is 2.03 bits per heavy atom. The lowest BCUT2D eigenvalue weighted by molar-refractivity contribution is 0.00695. The molecule has 2 amide bonds. The third-order valence-corrected chi connectivity index (χ3v) is 6.73. The molecule has 1 fully saturated rings. The van der Waals surface area contributed by atoms with E-state index in [9.17, 15) is 4.79 Å². The summed E-state index contributed by atoms with van der Waals surface area (Å²) in [6.45, 7) is 12.7. The van der Waals surface area contributed by atoms with Crippen LogP contribution in [0, 0.1) is 0 Å². The van der Waals surface area contributed by atoms with Gasteiger partial charge in [-0.25, -0.2) is 9.78 Å². The van der Waals surface area contributed by atoms with E-state index in [-0.39, 0.29) is 17.6 Å². The summed E-state index contributed by atoms with van der Waals surface area (Å²) in [7, 11) is 3.90. The Morgan fingerprint density at radius 3 is 2.74 bits per heavy atom. The number of nitrogens with zero attached hydrogens (tertiary/aromatic N) is 6. The highest BCUT2D eigenvalue weighted by Gasteiger charge is 2.47. The van der Waals surface area contributed by atoms with Gasteiger partial charge in [-0.2, -0.15) is 10.1 Å². The highest BCUT2D eigenvalue weighted by molar-refractivity contribution is 5.78. The van der Waals surface area contributed by atoms with E-state index < -0.39 is 5.54 Å². The first-order valence-electron chi connectivity index (χ1n) is 10.7. The number of hydrogen-bond acceptors (Lipinski definition) is 7. The first-order valence-corrected chi connectivity index (χ1v) is 10.7. The maximum atomic E-state index is 13.7. The smallest absolute Gasteiger partial charge is 0.321 e. The van der Waals surface area contributed by atoms with Crippen LogP contribution in [0.4, 0.5) is 22.4 Å². The number of likely N-dealkylation sites (N-methyl/N-ethyl adjacent to an activating group) is 1. The zero-order valence-electron chi connectivity index (χ0n) is 19.4. The van der Waals surface area contributed by atoms with Gasteiger partial charge in [0.25, 0.3) is 0 Å². The molecule has 0 spiro atoms. The Balaban J connectivity index is 1.58. The second kappa shape index (κ2) is 7.37. The van der Waals surface area contributed by atoms with E-state index >= 15 is 0 Å². The molecule has 2 aromatic rings. The van der Waals surface area contributed by atoms with Crippen LogP contribution in [0.2, 0.25) is 0 Å². The number of rotatable bonds is 3. The van der Waals surface area contributed by atoms with E-state index in [2.05, 4.69) is 77.4 Å². The van der Waals surface area contributed by atoms with Crippen molar-refractivity contribution in [1.29, 1.82) is 0 Å². The standard InChI is InChI=1S/C21H33N9O/c1-13-10-28(7)20(2,3)12-29(13)19(31)30-11-14-16(21(30,4)5)26-27-17(14)24-15-8-9-23-18(22-6)25-15/h8-9,13H,10-12H2,1-7H3,(H3,22,23,24,25,26,27)/t13-/m0/s1. The van der Waals surface area contributed by atoms with Crippen molar-refractivity contribution in [1.82, 2.24) is 34.9 Å². The van der Waals surface area contributed by atoms with Gasteiger partial charge in [-0.1, -0.05) is 0 Å². The number of piperazine rings is 1. The van der Waals surface area contributed by atoms with Crippen molar-refractivity contribution < 1.29 is 4.79 Å². The minimum atomic E-state index is -0.492. The first kappa shape index (κ1) is 21.4. The summed E-state index contributed by atoms with van der Waals surface area (Å²) in [6, 6.07) is 2.00. The van der Waals surface area contributed by atoms with E-state index in [1.165, 1.54) is 0 Å². The Morgan fingerprint density at radius 1 is 1.29 bits per heavy atom. The number of aromatic nitrogens is 4. The summed E-state index contributed by atoms with van der Waals surface area (Å²) in [5, 5.41) is 13.8. The number of fused-ring (bicyclic) bond motifs is 1. The van der Waals surface area contributed by atoms with Crippen LogP contribution in [-0.4, -0.2) is 79.7 Å². The van der Waals surface area contributed by atoms with Crippen LogP contribution in [0.25, 0.3) is 0 Å². The number of urea groups is 1. The largest absolute Gasteiger partial charge is 0.357 e. The van der Waals surface area contributed by atoms with Gasteiger partial charge in [0, 0.05) is 43.5 Å². The lowest BCUT2D eigenvalue weighted by Crippen LogP contribution is -2.65. The van der Waals surface area contributed by atoms with Gasteiger partial charge in [0.15, 0.2) is 5.82 Å². The molecular weight excluding hydrogens is 394 g/mol. The van der Waals surface area contributed by atoms with Gasteiger partial charge >= 0.3 is 6.03 Å². The average molecular weight is 428 g/mol. The third-order valence-electron chi connectivity index (χ3n) is 6.73. The summed E-state index contributed by atoms with van der Waals surface area (Å²) in [6.07, 6.45) is 1.68. The molecule has 0 bridgehead atoms. The molecule has 0 saturated carbocycles. The van der Waals surface area contributed by atoms with Crippen LogP contribution in [0.5, 0.6) is 0 Å². The minimum Gasteiger partial charge on any atom is -0.357 e. The Kier molecular flexibility index (Phi) is 5.07. The van der Waals surface area contributed by atoms with Crippen molar-refractivity contribution in [2.75, 3.05) is 37.8 Å². The molecule has 168 valence electrons. The maximum Gasteiger partial charge on any atom is 0.321 e. The van der Waals surface area contributed by atoms with Crippen molar-refractivity contribution in [2.24, 2.45) is 0 Å². The summed E-state index contributed by atoms with van der Waals surface area (Å²) >= 11 is 0. The van der Waals surface area contributed by atoms with Crippen LogP contribution >= 0.6 is 0 Å². The predicted octanol–water partition coefficient (Wildman–Crippen LogP) is 2.57. The van der Waals surface area contributed by atoms with Gasteiger partial charge in [-0.15, -0.1) is 0 Å². The Bertz CT molecular complexity index is 983. The maximum absolute atomic E-state index is 13.7. The molecule has 1 saturated heterocycles. The number of anilines is 3. The van der Waals surface area contributed by atoms with Gasteiger partial charge in [0.2, 0.25) is 5.95 Å². The fourth-order valence-electron chi connectivity index (χ4n) is 4.44. The normalized spacial score (nSPS) is 22.4. The van der Waals surface area contributed by atoms with E-state index in [1.807, 2.05) is 9.80 Å².